The van der Waals surface area contributed by atoms with Crippen LogP contribution >= 0.6 is 0 Å². The van der Waals surface area contributed by atoms with Crippen LogP contribution in [0, 0.1) is 12.8 Å². The van der Waals surface area contributed by atoms with Crippen LogP contribution in [0.4, 0.5) is 0 Å². The number of ether oxygens (including phenoxy) is 2. The van der Waals surface area contributed by atoms with Crippen molar-refractivity contribution < 1.29 is 14.3 Å². The molecule has 0 bridgehead atoms. The van der Waals surface area contributed by atoms with Gasteiger partial charge in [-0.3, -0.25) is 4.79 Å². The minimum atomic E-state index is -0.0613. The Morgan fingerprint density at radius 1 is 1.04 bits per heavy atom. The van der Waals surface area contributed by atoms with E-state index in [1.165, 1.54) is 5.56 Å². The maximum Gasteiger partial charge on any atom is 0.224 e. The number of hydrogen-bond acceptors (Lipinski definition) is 3. The van der Waals surface area contributed by atoms with Gasteiger partial charge < -0.3 is 14.8 Å². The number of aryl methyl sites for hydroxylation is 1. The summed E-state index contributed by atoms with van der Waals surface area (Å²) in [5, 5.41) is 3.17. The molecule has 2 aromatic rings. The van der Waals surface area contributed by atoms with Crippen LogP contribution in [-0.4, -0.2) is 19.1 Å². The first-order chi connectivity index (χ1) is 12.0. The van der Waals surface area contributed by atoms with E-state index in [1.807, 2.05) is 49.4 Å². The van der Waals surface area contributed by atoms with Crippen molar-refractivity contribution in [1.29, 1.82) is 0 Å². The first kappa shape index (κ1) is 17.3. The molecule has 132 valence electrons. The Hall–Kier alpha value is -2.49. The summed E-state index contributed by atoms with van der Waals surface area (Å²) >= 11 is 0. The first-order valence-corrected chi connectivity index (χ1v) is 8.77. The van der Waals surface area contributed by atoms with Gasteiger partial charge in [-0.1, -0.05) is 49.7 Å². The van der Waals surface area contributed by atoms with Crippen molar-refractivity contribution in [3.05, 3.63) is 59.2 Å². The molecular formula is C21H25NO3. The monoisotopic (exact) mass is 339 g/mol. The van der Waals surface area contributed by atoms with Gasteiger partial charge in [0.15, 0.2) is 11.5 Å². The Morgan fingerprint density at radius 3 is 2.40 bits per heavy atom. The topological polar surface area (TPSA) is 47.6 Å². The zero-order valence-electron chi connectivity index (χ0n) is 15.0. The van der Waals surface area contributed by atoms with Gasteiger partial charge in [-0.2, -0.15) is 0 Å². The number of hydrogen-bond donors (Lipinski definition) is 1. The Labute approximate surface area is 149 Å². The third-order valence-electron chi connectivity index (χ3n) is 4.39. The number of nitrogens with one attached hydrogen (secondary N) is 1. The van der Waals surface area contributed by atoms with E-state index in [0.717, 1.165) is 22.6 Å². The Bertz CT molecular complexity index is 737. The molecule has 0 radical (unpaired) electrons. The molecule has 0 aromatic heterocycles. The highest BCUT2D eigenvalue weighted by Crippen LogP contribution is 2.34. The summed E-state index contributed by atoms with van der Waals surface area (Å²) < 4.78 is 11.2. The van der Waals surface area contributed by atoms with Crippen LogP contribution in [0.2, 0.25) is 0 Å². The van der Waals surface area contributed by atoms with E-state index in [0.29, 0.717) is 19.6 Å². The number of rotatable bonds is 5. The molecule has 25 heavy (non-hydrogen) atoms. The molecule has 0 aliphatic carbocycles. The number of carbonyl (C=O) groups excluding carboxylic acids is 1. The van der Waals surface area contributed by atoms with Crippen molar-refractivity contribution in [3.8, 4) is 11.5 Å². The van der Waals surface area contributed by atoms with Gasteiger partial charge in [0.2, 0.25) is 5.91 Å². The van der Waals surface area contributed by atoms with Crippen LogP contribution in [0.15, 0.2) is 42.5 Å². The molecule has 1 heterocycles. The lowest BCUT2D eigenvalue weighted by Crippen LogP contribution is -2.33. The predicted octanol–water partition coefficient (Wildman–Crippen LogP) is 3.82. The molecule has 1 atom stereocenters. The van der Waals surface area contributed by atoms with Crippen molar-refractivity contribution in [2.45, 2.75) is 33.2 Å². The van der Waals surface area contributed by atoms with E-state index in [9.17, 15) is 4.79 Å². The molecule has 4 nitrogen and oxygen atoms in total. The lowest BCUT2D eigenvalue weighted by molar-refractivity contribution is -0.121. The number of benzene rings is 2. The van der Waals surface area contributed by atoms with Crippen molar-refractivity contribution in [1.82, 2.24) is 5.32 Å². The standard InChI is InChI=1S/C21H25NO3/c1-14(2)21(17-8-9-18-19(13-17)25-11-10-24-18)22-20(23)12-16-6-4-15(3)5-7-16/h4-9,13-14,21H,10-12H2,1-3H3,(H,22,23)/t21-/m0/s1. The van der Waals surface area contributed by atoms with Crippen LogP contribution in [-0.2, 0) is 11.2 Å². The molecule has 1 aliphatic heterocycles. The number of carbonyl (C=O) groups is 1. The minimum absolute atomic E-state index is 0.0254. The van der Waals surface area contributed by atoms with E-state index >= 15 is 0 Å². The molecular weight excluding hydrogens is 314 g/mol. The quantitative estimate of drug-likeness (QED) is 0.901. The fraction of sp³-hybridized carbons (Fsp3) is 0.381. The zero-order valence-corrected chi connectivity index (χ0v) is 15.0. The van der Waals surface area contributed by atoms with Gasteiger partial charge in [0.05, 0.1) is 12.5 Å². The normalized spacial score (nSPS) is 14.2. The van der Waals surface area contributed by atoms with Crippen molar-refractivity contribution >= 4 is 5.91 Å². The third-order valence-corrected chi connectivity index (χ3v) is 4.39. The van der Waals surface area contributed by atoms with Crippen molar-refractivity contribution in [3.63, 3.8) is 0 Å². The highest BCUT2D eigenvalue weighted by atomic mass is 16.6. The maximum atomic E-state index is 12.5. The minimum Gasteiger partial charge on any atom is -0.486 e. The van der Waals surface area contributed by atoms with Crippen molar-refractivity contribution in [2.24, 2.45) is 5.92 Å². The van der Waals surface area contributed by atoms with Crippen LogP contribution in [0.3, 0.4) is 0 Å². The highest BCUT2D eigenvalue weighted by Gasteiger charge is 2.21. The van der Waals surface area contributed by atoms with E-state index in [4.69, 9.17) is 9.47 Å². The van der Waals surface area contributed by atoms with Gasteiger partial charge >= 0.3 is 0 Å². The molecule has 0 spiro atoms. The maximum absolute atomic E-state index is 12.5. The third kappa shape index (κ3) is 4.32. The average molecular weight is 339 g/mol. The summed E-state index contributed by atoms with van der Waals surface area (Å²) in [6.07, 6.45) is 0.383. The largest absolute Gasteiger partial charge is 0.486 e. The van der Waals surface area contributed by atoms with Gasteiger partial charge in [-0.15, -0.1) is 0 Å². The van der Waals surface area contributed by atoms with E-state index in [1.54, 1.807) is 0 Å². The molecule has 4 heteroatoms. The molecule has 3 rings (SSSR count). The summed E-state index contributed by atoms with van der Waals surface area (Å²) in [6, 6.07) is 13.9. The van der Waals surface area contributed by atoms with Crippen LogP contribution < -0.4 is 14.8 Å². The summed E-state index contributed by atoms with van der Waals surface area (Å²) in [5.74, 6) is 1.81. The summed E-state index contributed by atoms with van der Waals surface area (Å²) in [5.41, 5.74) is 3.25. The Kier molecular flexibility index (Phi) is 5.27. The molecule has 0 fully saturated rings. The van der Waals surface area contributed by atoms with E-state index in [2.05, 4.69) is 19.2 Å². The van der Waals surface area contributed by atoms with Gasteiger partial charge in [0, 0.05) is 0 Å². The second kappa shape index (κ2) is 7.60. The second-order valence-electron chi connectivity index (χ2n) is 6.85. The molecule has 0 saturated heterocycles. The van der Waals surface area contributed by atoms with Crippen molar-refractivity contribution in [2.75, 3.05) is 13.2 Å². The smallest absolute Gasteiger partial charge is 0.224 e. The second-order valence-corrected chi connectivity index (χ2v) is 6.85. The molecule has 1 N–H and O–H groups in total. The predicted molar refractivity (Wildman–Crippen MR) is 98.0 cm³/mol. The SMILES string of the molecule is Cc1ccc(CC(=O)N[C@H](c2ccc3c(c2)OCCO3)C(C)C)cc1. The number of amides is 1. The molecule has 0 unspecified atom stereocenters. The van der Waals surface area contributed by atoms with Gasteiger partial charge in [-0.25, -0.2) is 0 Å². The molecule has 2 aromatic carbocycles. The zero-order chi connectivity index (χ0) is 17.8. The molecule has 0 saturated carbocycles. The number of fused-ring (bicyclic) bond motifs is 1. The Morgan fingerprint density at radius 2 is 1.72 bits per heavy atom. The molecule has 1 amide bonds. The summed E-state index contributed by atoms with van der Waals surface area (Å²) in [6.45, 7) is 7.39. The summed E-state index contributed by atoms with van der Waals surface area (Å²) in [4.78, 5) is 12.5. The van der Waals surface area contributed by atoms with Gasteiger partial charge in [0.25, 0.3) is 0 Å². The van der Waals surface area contributed by atoms with E-state index in [-0.39, 0.29) is 17.9 Å². The Balaban J connectivity index is 1.72. The van der Waals surface area contributed by atoms with Crippen LogP contribution in [0.25, 0.3) is 0 Å². The lowest BCUT2D eigenvalue weighted by Gasteiger charge is -2.25. The average Bonchev–Trinajstić information content (AvgIpc) is 2.61. The summed E-state index contributed by atoms with van der Waals surface area (Å²) in [7, 11) is 0. The fourth-order valence-electron chi connectivity index (χ4n) is 3.00. The van der Waals surface area contributed by atoms with E-state index < -0.39 is 0 Å². The van der Waals surface area contributed by atoms with Gasteiger partial charge in [-0.05, 0) is 36.1 Å². The van der Waals surface area contributed by atoms with Crippen LogP contribution in [0.1, 0.15) is 36.6 Å². The first-order valence-electron chi connectivity index (χ1n) is 8.77. The van der Waals surface area contributed by atoms with Gasteiger partial charge in [0.1, 0.15) is 13.2 Å². The lowest BCUT2D eigenvalue weighted by atomic mass is 9.95. The highest BCUT2D eigenvalue weighted by molar-refractivity contribution is 5.79. The molecule has 1 aliphatic rings. The van der Waals surface area contributed by atoms with Crippen LogP contribution in [0.5, 0.6) is 11.5 Å². The fourth-order valence-corrected chi connectivity index (χ4v) is 3.00.